The van der Waals surface area contributed by atoms with Crippen molar-refractivity contribution in [2.45, 2.75) is 31.1 Å². The van der Waals surface area contributed by atoms with E-state index in [0.29, 0.717) is 6.54 Å². The van der Waals surface area contributed by atoms with Gasteiger partial charge in [0.15, 0.2) is 0 Å². The summed E-state index contributed by atoms with van der Waals surface area (Å²) in [4.78, 5) is 12.4. The number of hydrogen-bond donors (Lipinski definition) is 1. The maximum Gasteiger partial charge on any atom is 0.243 e. The lowest BCUT2D eigenvalue weighted by Crippen LogP contribution is -2.22. The summed E-state index contributed by atoms with van der Waals surface area (Å²) >= 11 is 1.73. The standard InChI is InChI=1S/C28H31NO3S/c1-31-25-11-6-22(7-12-25)28(23-8-13-26(32-2)14-9-23)19-24(28)10-15-27(30)29-17-4-3-5-21-16-18-33-20-21/h6-16,18,20,24H,3-5,17,19H2,1-2H3,(H,29,30)/t24-/m1/s1. The van der Waals surface area contributed by atoms with E-state index in [1.807, 2.05) is 24.3 Å². The number of carbonyl (C=O) groups is 1. The van der Waals surface area contributed by atoms with Gasteiger partial charge in [0.05, 0.1) is 14.2 Å². The van der Waals surface area contributed by atoms with Crippen molar-refractivity contribution >= 4 is 17.2 Å². The third kappa shape index (κ3) is 5.48. The Hall–Kier alpha value is -3.05. The summed E-state index contributed by atoms with van der Waals surface area (Å²) in [6.07, 6.45) is 7.88. The van der Waals surface area contributed by atoms with Gasteiger partial charge in [0.1, 0.15) is 11.5 Å². The number of benzene rings is 2. The van der Waals surface area contributed by atoms with Gasteiger partial charge in [-0.3, -0.25) is 4.79 Å². The highest BCUT2D eigenvalue weighted by Crippen LogP contribution is 2.59. The molecule has 0 unspecified atom stereocenters. The van der Waals surface area contributed by atoms with Gasteiger partial charge in [-0.25, -0.2) is 0 Å². The molecule has 5 heteroatoms. The zero-order valence-corrected chi connectivity index (χ0v) is 20.1. The quantitative estimate of drug-likeness (QED) is 0.291. The predicted octanol–water partition coefficient (Wildman–Crippen LogP) is 5.77. The monoisotopic (exact) mass is 461 g/mol. The van der Waals surface area contributed by atoms with Gasteiger partial charge < -0.3 is 14.8 Å². The fraction of sp³-hybridized carbons (Fsp3) is 0.321. The van der Waals surface area contributed by atoms with Crippen molar-refractivity contribution < 1.29 is 14.3 Å². The first-order chi connectivity index (χ1) is 16.2. The fourth-order valence-electron chi connectivity index (χ4n) is 4.49. The minimum absolute atomic E-state index is 0.0178. The molecule has 1 atom stereocenters. The molecular formula is C28H31NO3S. The fourth-order valence-corrected chi connectivity index (χ4v) is 5.19. The number of hydrogen-bond acceptors (Lipinski definition) is 4. The molecule has 1 saturated carbocycles. The van der Waals surface area contributed by atoms with Gasteiger partial charge in [-0.1, -0.05) is 30.3 Å². The van der Waals surface area contributed by atoms with Gasteiger partial charge in [-0.05, 0) is 95.5 Å². The van der Waals surface area contributed by atoms with Crippen LogP contribution in [0.2, 0.25) is 0 Å². The molecule has 0 saturated heterocycles. The van der Waals surface area contributed by atoms with Crippen LogP contribution in [-0.2, 0) is 16.6 Å². The first-order valence-electron chi connectivity index (χ1n) is 11.4. The van der Waals surface area contributed by atoms with Crippen molar-refractivity contribution in [3.05, 3.63) is 94.2 Å². The van der Waals surface area contributed by atoms with E-state index in [1.54, 1.807) is 31.6 Å². The summed E-state index contributed by atoms with van der Waals surface area (Å²) in [6, 6.07) is 18.7. The molecule has 4 rings (SSSR count). The summed E-state index contributed by atoms with van der Waals surface area (Å²) in [7, 11) is 3.36. The maximum absolute atomic E-state index is 12.4. The van der Waals surface area contributed by atoms with Crippen molar-refractivity contribution in [3.8, 4) is 11.5 Å². The zero-order chi connectivity index (χ0) is 23.1. The normalized spacial score (nSPS) is 16.5. The number of ether oxygens (including phenoxy) is 2. The van der Waals surface area contributed by atoms with Crippen LogP contribution in [0.15, 0.2) is 77.5 Å². The molecule has 1 amide bonds. The van der Waals surface area contributed by atoms with E-state index in [2.05, 4.69) is 52.5 Å². The average molecular weight is 462 g/mol. The second kappa shape index (κ2) is 10.7. The molecule has 0 bridgehead atoms. The van der Waals surface area contributed by atoms with Crippen LogP contribution in [0.1, 0.15) is 36.0 Å². The molecule has 172 valence electrons. The van der Waals surface area contributed by atoms with Crippen molar-refractivity contribution in [2.24, 2.45) is 5.92 Å². The number of rotatable bonds is 11. The Morgan fingerprint density at radius 3 is 2.18 bits per heavy atom. The number of methoxy groups -OCH3 is 2. The summed E-state index contributed by atoms with van der Waals surface area (Å²) in [5.41, 5.74) is 3.72. The van der Waals surface area contributed by atoms with Gasteiger partial charge in [0, 0.05) is 12.0 Å². The number of aryl methyl sites for hydroxylation is 1. The second-order valence-electron chi connectivity index (χ2n) is 8.48. The van der Waals surface area contributed by atoms with Crippen LogP contribution in [0.25, 0.3) is 0 Å². The van der Waals surface area contributed by atoms with Crippen LogP contribution in [0.3, 0.4) is 0 Å². The van der Waals surface area contributed by atoms with Crippen LogP contribution < -0.4 is 14.8 Å². The van der Waals surface area contributed by atoms with E-state index in [4.69, 9.17) is 9.47 Å². The number of nitrogens with one attached hydrogen (secondary N) is 1. The topological polar surface area (TPSA) is 47.6 Å². The molecule has 1 heterocycles. The smallest absolute Gasteiger partial charge is 0.243 e. The Balaban J connectivity index is 1.38. The van der Waals surface area contributed by atoms with Crippen LogP contribution >= 0.6 is 11.3 Å². The highest BCUT2D eigenvalue weighted by atomic mass is 32.1. The largest absolute Gasteiger partial charge is 0.497 e. The first kappa shape index (κ1) is 23.1. The van der Waals surface area contributed by atoms with Gasteiger partial charge in [-0.2, -0.15) is 11.3 Å². The molecule has 1 aliphatic carbocycles. The Labute approximate surface area is 200 Å². The lowest BCUT2D eigenvalue weighted by atomic mass is 9.85. The SMILES string of the molecule is COc1ccc(C2(c3ccc(OC)cc3)C[C@H]2C=CC(=O)NCCCCc2ccsc2)cc1. The summed E-state index contributed by atoms with van der Waals surface area (Å²) < 4.78 is 10.7. The third-order valence-electron chi connectivity index (χ3n) is 6.48. The van der Waals surface area contributed by atoms with Crippen LogP contribution in [0, 0.1) is 5.92 Å². The summed E-state index contributed by atoms with van der Waals surface area (Å²) in [5.74, 6) is 1.93. The van der Waals surface area contributed by atoms with Gasteiger partial charge in [0.2, 0.25) is 5.91 Å². The molecule has 3 aromatic rings. The maximum atomic E-state index is 12.4. The number of unbranched alkanes of at least 4 members (excludes halogenated alkanes) is 1. The van der Waals surface area contributed by atoms with Gasteiger partial charge in [-0.15, -0.1) is 0 Å². The Bertz CT molecular complexity index is 1010. The molecule has 0 radical (unpaired) electrons. The summed E-state index contributed by atoms with van der Waals surface area (Å²) in [6.45, 7) is 0.708. The molecule has 1 fully saturated rings. The van der Waals surface area contributed by atoms with E-state index in [1.165, 1.54) is 16.7 Å². The predicted molar refractivity (Wildman–Crippen MR) is 134 cm³/mol. The van der Waals surface area contributed by atoms with E-state index in [-0.39, 0.29) is 17.2 Å². The molecule has 1 aliphatic rings. The minimum atomic E-state index is -0.129. The van der Waals surface area contributed by atoms with Crippen LogP contribution in [0.5, 0.6) is 11.5 Å². The van der Waals surface area contributed by atoms with Gasteiger partial charge in [0.25, 0.3) is 0 Å². The molecule has 0 spiro atoms. The van der Waals surface area contributed by atoms with E-state index in [9.17, 15) is 4.79 Å². The molecule has 4 nitrogen and oxygen atoms in total. The average Bonchev–Trinajstić information content (AvgIpc) is 3.36. The molecule has 1 N–H and O–H groups in total. The lowest BCUT2D eigenvalue weighted by Gasteiger charge is -2.19. The number of allylic oxidation sites excluding steroid dienone is 1. The van der Waals surface area contributed by atoms with E-state index >= 15 is 0 Å². The molecule has 33 heavy (non-hydrogen) atoms. The Morgan fingerprint density at radius 1 is 1.00 bits per heavy atom. The molecule has 2 aromatic carbocycles. The van der Waals surface area contributed by atoms with Crippen molar-refractivity contribution in [1.82, 2.24) is 5.32 Å². The zero-order valence-electron chi connectivity index (χ0n) is 19.3. The number of thiophene rings is 1. The van der Waals surface area contributed by atoms with Crippen LogP contribution in [0.4, 0.5) is 0 Å². The number of carbonyl (C=O) groups excluding carboxylic acids is 1. The summed E-state index contributed by atoms with van der Waals surface area (Å²) in [5, 5.41) is 7.32. The first-order valence-corrected chi connectivity index (χ1v) is 12.4. The second-order valence-corrected chi connectivity index (χ2v) is 9.26. The van der Waals surface area contributed by atoms with E-state index < -0.39 is 0 Å². The Kier molecular flexibility index (Phi) is 7.50. The third-order valence-corrected chi connectivity index (χ3v) is 7.21. The Morgan fingerprint density at radius 2 is 1.64 bits per heavy atom. The highest BCUT2D eigenvalue weighted by Gasteiger charge is 2.55. The lowest BCUT2D eigenvalue weighted by molar-refractivity contribution is -0.116. The van der Waals surface area contributed by atoms with Crippen molar-refractivity contribution in [2.75, 3.05) is 20.8 Å². The van der Waals surface area contributed by atoms with Crippen LogP contribution in [-0.4, -0.2) is 26.7 Å². The minimum Gasteiger partial charge on any atom is -0.497 e. The molecule has 1 aromatic heterocycles. The van der Waals surface area contributed by atoms with E-state index in [0.717, 1.165) is 37.2 Å². The van der Waals surface area contributed by atoms with Gasteiger partial charge >= 0.3 is 0 Å². The number of amides is 1. The van der Waals surface area contributed by atoms with Crippen molar-refractivity contribution in [1.29, 1.82) is 0 Å². The molecule has 0 aliphatic heterocycles. The molecular weight excluding hydrogens is 430 g/mol. The highest BCUT2D eigenvalue weighted by molar-refractivity contribution is 7.07. The van der Waals surface area contributed by atoms with Crippen molar-refractivity contribution in [3.63, 3.8) is 0 Å².